The SMILES string of the molecule is CNOC1CC2CCC1C2.Cl. The van der Waals surface area contributed by atoms with Crippen LogP contribution in [0.25, 0.3) is 0 Å². The number of hydroxylamine groups is 1. The fourth-order valence-corrected chi connectivity index (χ4v) is 2.48. The van der Waals surface area contributed by atoms with Gasteiger partial charge >= 0.3 is 0 Å². The van der Waals surface area contributed by atoms with Gasteiger partial charge in [-0.2, -0.15) is 0 Å². The minimum absolute atomic E-state index is 0. The van der Waals surface area contributed by atoms with Crippen LogP contribution in [-0.4, -0.2) is 13.2 Å². The van der Waals surface area contributed by atoms with E-state index in [2.05, 4.69) is 5.48 Å². The molecule has 2 rings (SSSR count). The van der Waals surface area contributed by atoms with Crippen LogP contribution in [0.4, 0.5) is 0 Å². The number of hydrogen-bond acceptors (Lipinski definition) is 2. The molecule has 0 aliphatic heterocycles. The number of halogens is 1. The Balaban J connectivity index is 0.000000605. The summed E-state index contributed by atoms with van der Waals surface area (Å²) < 4.78 is 0. The Morgan fingerprint density at radius 2 is 2.09 bits per heavy atom. The lowest BCUT2D eigenvalue weighted by molar-refractivity contribution is -0.0402. The minimum Gasteiger partial charge on any atom is -0.298 e. The van der Waals surface area contributed by atoms with Crippen molar-refractivity contribution in [3.05, 3.63) is 0 Å². The van der Waals surface area contributed by atoms with Gasteiger partial charge in [-0.05, 0) is 37.5 Å². The summed E-state index contributed by atoms with van der Waals surface area (Å²) in [5.41, 5.74) is 2.79. The highest BCUT2D eigenvalue weighted by atomic mass is 35.5. The third-order valence-corrected chi connectivity index (χ3v) is 2.94. The summed E-state index contributed by atoms with van der Waals surface area (Å²) in [6.07, 6.45) is 6.10. The van der Waals surface area contributed by atoms with Crippen LogP contribution in [0.15, 0.2) is 0 Å². The number of nitrogens with one attached hydrogen (secondary N) is 1. The van der Waals surface area contributed by atoms with Crippen molar-refractivity contribution in [3.63, 3.8) is 0 Å². The maximum atomic E-state index is 5.39. The molecule has 3 atom stereocenters. The van der Waals surface area contributed by atoms with Crippen LogP contribution in [0.5, 0.6) is 0 Å². The first-order valence-corrected chi connectivity index (χ1v) is 4.22. The molecule has 2 nitrogen and oxygen atoms in total. The van der Waals surface area contributed by atoms with Gasteiger partial charge in [0, 0.05) is 7.05 Å². The van der Waals surface area contributed by atoms with Crippen LogP contribution in [0, 0.1) is 11.8 Å². The molecular weight excluding hydrogens is 162 g/mol. The lowest BCUT2D eigenvalue weighted by atomic mass is 9.98. The number of hydrogen-bond donors (Lipinski definition) is 1. The maximum Gasteiger partial charge on any atom is 0.0821 e. The van der Waals surface area contributed by atoms with E-state index < -0.39 is 0 Å². The lowest BCUT2D eigenvalue weighted by Crippen LogP contribution is -2.25. The van der Waals surface area contributed by atoms with E-state index in [9.17, 15) is 0 Å². The van der Waals surface area contributed by atoms with Crippen LogP contribution in [0.3, 0.4) is 0 Å². The molecule has 3 heteroatoms. The van der Waals surface area contributed by atoms with E-state index in [1.54, 1.807) is 0 Å². The van der Waals surface area contributed by atoms with Crippen molar-refractivity contribution in [3.8, 4) is 0 Å². The summed E-state index contributed by atoms with van der Waals surface area (Å²) in [5, 5.41) is 0. The zero-order chi connectivity index (χ0) is 6.97. The van der Waals surface area contributed by atoms with Gasteiger partial charge in [-0.1, -0.05) is 0 Å². The fraction of sp³-hybridized carbons (Fsp3) is 1.00. The Bertz CT molecular complexity index is 131. The van der Waals surface area contributed by atoms with Gasteiger partial charge < -0.3 is 0 Å². The molecule has 2 aliphatic carbocycles. The first-order valence-electron chi connectivity index (χ1n) is 4.22. The van der Waals surface area contributed by atoms with Crippen molar-refractivity contribution >= 4 is 12.4 Å². The summed E-state index contributed by atoms with van der Waals surface area (Å²) in [4.78, 5) is 5.39. The quantitative estimate of drug-likeness (QED) is 0.649. The first kappa shape index (κ1) is 9.30. The first-order chi connectivity index (χ1) is 4.90. The van der Waals surface area contributed by atoms with E-state index in [0.717, 1.165) is 11.8 Å². The molecule has 3 unspecified atom stereocenters. The third-order valence-electron chi connectivity index (χ3n) is 2.94. The second-order valence-electron chi connectivity index (χ2n) is 3.54. The summed E-state index contributed by atoms with van der Waals surface area (Å²) >= 11 is 0. The van der Waals surface area contributed by atoms with Gasteiger partial charge in [0.05, 0.1) is 6.10 Å². The average Bonchev–Trinajstić information content (AvgIpc) is 2.48. The van der Waals surface area contributed by atoms with Crippen molar-refractivity contribution in [1.29, 1.82) is 0 Å². The molecule has 0 radical (unpaired) electrons. The molecule has 0 aromatic rings. The largest absolute Gasteiger partial charge is 0.298 e. The highest BCUT2D eigenvalue weighted by Crippen LogP contribution is 2.45. The molecule has 2 aliphatic rings. The zero-order valence-corrected chi connectivity index (χ0v) is 7.69. The van der Waals surface area contributed by atoms with Crippen molar-refractivity contribution in [2.75, 3.05) is 7.05 Å². The van der Waals surface area contributed by atoms with E-state index in [0.29, 0.717) is 6.10 Å². The Kier molecular flexibility index (Phi) is 3.16. The predicted octanol–water partition coefficient (Wildman–Crippen LogP) is 1.75. The Hall–Kier alpha value is 0.210. The summed E-state index contributed by atoms with van der Waals surface area (Å²) in [5.74, 6) is 1.86. The highest BCUT2D eigenvalue weighted by Gasteiger charge is 2.40. The van der Waals surface area contributed by atoms with Gasteiger partial charge in [-0.25, -0.2) is 5.48 Å². The van der Waals surface area contributed by atoms with E-state index in [1.807, 2.05) is 7.05 Å². The molecule has 66 valence electrons. The normalized spacial score (nSPS) is 40.6. The number of fused-ring (bicyclic) bond motifs is 2. The minimum atomic E-state index is 0. The molecule has 2 bridgehead atoms. The van der Waals surface area contributed by atoms with Gasteiger partial charge in [0.2, 0.25) is 0 Å². The molecular formula is C8H16ClNO. The molecule has 0 aromatic heterocycles. The summed E-state index contributed by atoms with van der Waals surface area (Å²) in [7, 11) is 1.85. The third kappa shape index (κ3) is 1.68. The molecule has 2 saturated carbocycles. The molecule has 2 fully saturated rings. The fourth-order valence-electron chi connectivity index (χ4n) is 2.48. The van der Waals surface area contributed by atoms with Gasteiger partial charge in [-0.15, -0.1) is 12.4 Å². The van der Waals surface area contributed by atoms with Gasteiger partial charge in [0.25, 0.3) is 0 Å². The zero-order valence-electron chi connectivity index (χ0n) is 6.88. The van der Waals surface area contributed by atoms with Crippen molar-refractivity contribution in [2.45, 2.75) is 31.8 Å². The van der Waals surface area contributed by atoms with E-state index in [4.69, 9.17) is 4.84 Å². The van der Waals surface area contributed by atoms with Crippen LogP contribution in [-0.2, 0) is 4.84 Å². The van der Waals surface area contributed by atoms with Gasteiger partial charge in [0.15, 0.2) is 0 Å². The molecule has 0 spiro atoms. The van der Waals surface area contributed by atoms with E-state index in [1.165, 1.54) is 25.7 Å². The molecule has 0 amide bonds. The van der Waals surface area contributed by atoms with Gasteiger partial charge in [0.1, 0.15) is 0 Å². The molecule has 0 aromatic carbocycles. The van der Waals surface area contributed by atoms with Crippen molar-refractivity contribution < 1.29 is 4.84 Å². The smallest absolute Gasteiger partial charge is 0.0821 e. The van der Waals surface area contributed by atoms with Crippen molar-refractivity contribution in [2.24, 2.45) is 11.8 Å². The van der Waals surface area contributed by atoms with Crippen molar-refractivity contribution in [1.82, 2.24) is 5.48 Å². The lowest BCUT2D eigenvalue weighted by Gasteiger charge is -2.20. The molecule has 0 heterocycles. The van der Waals surface area contributed by atoms with Gasteiger partial charge in [-0.3, -0.25) is 4.84 Å². The topological polar surface area (TPSA) is 21.3 Å². The summed E-state index contributed by atoms with van der Waals surface area (Å²) in [6, 6.07) is 0. The van der Waals surface area contributed by atoms with Crippen LogP contribution < -0.4 is 5.48 Å². The highest BCUT2D eigenvalue weighted by molar-refractivity contribution is 5.85. The van der Waals surface area contributed by atoms with Crippen LogP contribution in [0.1, 0.15) is 25.7 Å². The van der Waals surface area contributed by atoms with Crippen LogP contribution >= 0.6 is 12.4 Å². The van der Waals surface area contributed by atoms with E-state index in [-0.39, 0.29) is 12.4 Å². The maximum absolute atomic E-state index is 5.39. The standard InChI is InChI=1S/C8H15NO.ClH/c1-9-10-8-5-6-2-3-7(8)4-6;/h6-9H,2-5H2,1H3;1H. The molecule has 0 saturated heterocycles. The number of rotatable bonds is 2. The second-order valence-corrected chi connectivity index (χ2v) is 3.54. The predicted molar refractivity (Wildman–Crippen MR) is 46.6 cm³/mol. The Labute approximate surface area is 74.1 Å². The monoisotopic (exact) mass is 177 g/mol. The molecule has 1 N–H and O–H groups in total. The van der Waals surface area contributed by atoms with E-state index >= 15 is 0 Å². The Morgan fingerprint density at radius 3 is 2.55 bits per heavy atom. The second kappa shape index (κ2) is 3.74. The average molecular weight is 178 g/mol. The van der Waals surface area contributed by atoms with Crippen LogP contribution in [0.2, 0.25) is 0 Å². The summed E-state index contributed by atoms with van der Waals surface area (Å²) in [6.45, 7) is 0. The molecule has 11 heavy (non-hydrogen) atoms. The Morgan fingerprint density at radius 1 is 1.27 bits per heavy atom.